The number of anilines is 1. The highest BCUT2D eigenvalue weighted by molar-refractivity contribution is 7.20. The molecule has 1 N–H and O–H groups in total. The molecular weight excluding hydrogens is 280 g/mol. The zero-order valence-corrected chi connectivity index (χ0v) is 12.2. The summed E-state index contributed by atoms with van der Waals surface area (Å²) in [5.41, 5.74) is 6.09. The van der Waals surface area contributed by atoms with E-state index in [0.29, 0.717) is 5.01 Å². The molecular formula is C16H12N4S. The molecule has 0 radical (unpaired) electrons. The van der Waals surface area contributed by atoms with Gasteiger partial charge in [-0.2, -0.15) is 10.4 Å². The maximum Gasteiger partial charge on any atom is 0.196 e. The molecule has 0 fully saturated rings. The Morgan fingerprint density at radius 1 is 1.19 bits per heavy atom. The van der Waals surface area contributed by atoms with E-state index < -0.39 is 0 Å². The molecule has 0 saturated carbocycles. The number of hydrogen-bond donors (Lipinski definition) is 1. The van der Waals surface area contributed by atoms with Crippen molar-refractivity contribution in [3.05, 3.63) is 59.1 Å². The van der Waals surface area contributed by atoms with Crippen LogP contribution in [0.5, 0.6) is 0 Å². The predicted molar refractivity (Wildman–Crippen MR) is 86.6 cm³/mol. The van der Waals surface area contributed by atoms with Gasteiger partial charge in [-0.15, -0.1) is 11.3 Å². The zero-order chi connectivity index (χ0) is 14.7. The number of benzene rings is 2. The molecule has 1 aromatic heterocycles. The number of nitrogens with one attached hydrogen (secondary N) is 1. The Kier molecular flexibility index (Phi) is 3.63. The number of fused-ring (bicyclic) bond motifs is 1. The fraction of sp³-hybridized carbons (Fsp3) is 0.0625. The molecule has 0 bridgehead atoms. The first-order valence-corrected chi connectivity index (χ1v) is 7.24. The lowest BCUT2D eigenvalue weighted by Crippen LogP contribution is -2.01. The molecule has 0 aliphatic carbocycles. The molecule has 2 aromatic carbocycles. The molecule has 3 aromatic rings. The third kappa shape index (κ3) is 2.91. The molecule has 0 atom stereocenters. The summed E-state index contributed by atoms with van der Waals surface area (Å²) in [7, 11) is 0. The summed E-state index contributed by atoms with van der Waals surface area (Å²) in [6.07, 6.45) is 0. The van der Waals surface area contributed by atoms with Gasteiger partial charge in [-0.3, -0.25) is 5.43 Å². The van der Waals surface area contributed by atoms with Gasteiger partial charge in [0.1, 0.15) is 6.07 Å². The van der Waals surface area contributed by atoms with Crippen LogP contribution in [0.3, 0.4) is 0 Å². The van der Waals surface area contributed by atoms with Gasteiger partial charge in [0, 0.05) is 0 Å². The molecule has 0 spiro atoms. The van der Waals surface area contributed by atoms with Gasteiger partial charge in [0.2, 0.25) is 0 Å². The average molecular weight is 292 g/mol. The first kappa shape index (κ1) is 13.3. The second-order valence-corrected chi connectivity index (χ2v) is 5.57. The van der Waals surface area contributed by atoms with Crippen LogP contribution in [0.15, 0.2) is 53.6 Å². The van der Waals surface area contributed by atoms with E-state index in [1.807, 2.05) is 55.5 Å². The molecule has 4 nitrogen and oxygen atoms in total. The van der Waals surface area contributed by atoms with Crippen molar-refractivity contribution in [1.82, 2.24) is 4.98 Å². The van der Waals surface area contributed by atoms with Gasteiger partial charge < -0.3 is 0 Å². The van der Waals surface area contributed by atoms with E-state index in [4.69, 9.17) is 0 Å². The number of aryl methyl sites for hydroxylation is 1. The van der Waals surface area contributed by atoms with Gasteiger partial charge in [0.05, 0.1) is 15.9 Å². The van der Waals surface area contributed by atoms with E-state index in [1.54, 1.807) is 0 Å². The van der Waals surface area contributed by atoms with E-state index in [-0.39, 0.29) is 5.71 Å². The first-order chi connectivity index (χ1) is 10.3. The maximum absolute atomic E-state index is 9.27. The van der Waals surface area contributed by atoms with E-state index in [2.05, 4.69) is 21.6 Å². The maximum atomic E-state index is 9.27. The Labute approximate surface area is 126 Å². The van der Waals surface area contributed by atoms with Crippen molar-refractivity contribution in [2.45, 2.75) is 6.92 Å². The predicted octanol–water partition coefficient (Wildman–Crippen LogP) is 3.94. The van der Waals surface area contributed by atoms with Gasteiger partial charge >= 0.3 is 0 Å². The van der Waals surface area contributed by atoms with Crippen LogP contribution < -0.4 is 5.43 Å². The van der Waals surface area contributed by atoms with Crippen molar-refractivity contribution in [2.75, 3.05) is 5.43 Å². The fourth-order valence-corrected chi connectivity index (χ4v) is 2.75. The van der Waals surface area contributed by atoms with Crippen molar-refractivity contribution in [3.8, 4) is 6.07 Å². The van der Waals surface area contributed by atoms with Crippen LogP contribution in [0.25, 0.3) is 10.2 Å². The quantitative estimate of drug-likeness (QED) is 0.587. The van der Waals surface area contributed by atoms with Gasteiger partial charge in [-0.1, -0.05) is 29.8 Å². The summed E-state index contributed by atoms with van der Waals surface area (Å²) in [6, 6.07) is 17.7. The van der Waals surface area contributed by atoms with Gasteiger partial charge in [0.25, 0.3) is 0 Å². The second-order valence-electron chi connectivity index (χ2n) is 4.54. The number of rotatable bonds is 3. The third-order valence-electron chi connectivity index (χ3n) is 2.95. The normalized spacial score (nSPS) is 11.3. The highest BCUT2D eigenvalue weighted by atomic mass is 32.1. The lowest BCUT2D eigenvalue weighted by atomic mass is 10.2. The lowest BCUT2D eigenvalue weighted by molar-refractivity contribution is 1.31. The number of nitriles is 1. The molecule has 3 rings (SSSR count). The number of nitrogens with zero attached hydrogens (tertiary/aromatic N) is 3. The number of aromatic nitrogens is 1. The first-order valence-electron chi connectivity index (χ1n) is 6.42. The van der Waals surface area contributed by atoms with Crippen LogP contribution in [-0.4, -0.2) is 10.7 Å². The third-order valence-corrected chi connectivity index (χ3v) is 3.99. The molecule has 1 heterocycles. The summed E-state index contributed by atoms with van der Waals surface area (Å²) in [4.78, 5) is 4.44. The monoisotopic (exact) mass is 292 g/mol. The summed E-state index contributed by atoms with van der Waals surface area (Å²) in [6.45, 7) is 2.02. The molecule has 0 unspecified atom stereocenters. The number of para-hydroxylation sites is 1. The van der Waals surface area contributed by atoms with Crippen LogP contribution in [0.1, 0.15) is 10.6 Å². The Balaban J connectivity index is 1.89. The smallest absolute Gasteiger partial charge is 0.196 e. The molecule has 21 heavy (non-hydrogen) atoms. The Morgan fingerprint density at radius 2 is 1.95 bits per heavy atom. The molecule has 0 aliphatic heterocycles. The van der Waals surface area contributed by atoms with Crippen LogP contribution in [0.2, 0.25) is 0 Å². The standard InChI is InChI=1S/C16H12N4S/c1-11-6-8-12(9-7-11)19-20-14(10-17)16-18-13-4-2-3-5-15(13)21-16/h2-9,19H,1H3/b20-14-. The van der Waals surface area contributed by atoms with Crippen molar-refractivity contribution < 1.29 is 0 Å². The van der Waals surface area contributed by atoms with Gasteiger partial charge in [0.15, 0.2) is 10.7 Å². The van der Waals surface area contributed by atoms with E-state index >= 15 is 0 Å². The van der Waals surface area contributed by atoms with E-state index in [9.17, 15) is 5.26 Å². The van der Waals surface area contributed by atoms with Crippen molar-refractivity contribution in [3.63, 3.8) is 0 Å². The highest BCUT2D eigenvalue weighted by Gasteiger charge is 2.09. The Morgan fingerprint density at radius 3 is 2.67 bits per heavy atom. The summed E-state index contributed by atoms with van der Waals surface area (Å²) in [5.74, 6) is 0. The minimum absolute atomic E-state index is 0.289. The van der Waals surface area contributed by atoms with Crippen LogP contribution in [0.4, 0.5) is 5.69 Å². The largest absolute Gasteiger partial charge is 0.277 e. The van der Waals surface area contributed by atoms with Crippen LogP contribution in [-0.2, 0) is 0 Å². The Bertz CT molecular complexity index is 808. The molecule has 5 heteroatoms. The lowest BCUT2D eigenvalue weighted by Gasteiger charge is -2.00. The van der Waals surface area contributed by atoms with Crippen molar-refractivity contribution in [2.24, 2.45) is 5.10 Å². The Hall–Kier alpha value is -2.71. The zero-order valence-electron chi connectivity index (χ0n) is 11.4. The number of thiazole rings is 1. The molecule has 0 aliphatic rings. The topological polar surface area (TPSA) is 61.1 Å². The van der Waals surface area contributed by atoms with E-state index in [0.717, 1.165) is 15.9 Å². The summed E-state index contributed by atoms with van der Waals surface area (Å²) >= 11 is 1.46. The molecule has 0 saturated heterocycles. The van der Waals surface area contributed by atoms with Crippen molar-refractivity contribution in [1.29, 1.82) is 5.26 Å². The van der Waals surface area contributed by atoms with Crippen LogP contribution in [0, 0.1) is 18.3 Å². The van der Waals surface area contributed by atoms with Gasteiger partial charge in [-0.05, 0) is 31.2 Å². The number of hydrazone groups is 1. The average Bonchev–Trinajstić information content (AvgIpc) is 2.93. The highest BCUT2D eigenvalue weighted by Crippen LogP contribution is 2.22. The van der Waals surface area contributed by atoms with Crippen molar-refractivity contribution >= 4 is 33.0 Å². The summed E-state index contributed by atoms with van der Waals surface area (Å²) < 4.78 is 1.05. The molecule has 0 amide bonds. The van der Waals surface area contributed by atoms with Crippen LogP contribution >= 0.6 is 11.3 Å². The minimum Gasteiger partial charge on any atom is -0.277 e. The molecule has 102 valence electrons. The second kappa shape index (κ2) is 5.73. The van der Waals surface area contributed by atoms with E-state index in [1.165, 1.54) is 16.9 Å². The summed E-state index contributed by atoms with van der Waals surface area (Å²) in [5, 5.41) is 14.1. The number of hydrogen-bond acceptors (Lipinski definition) is 5. The fourth-order valence-electron chi connectivity index (χ4n) is 1.84. The minimum atomic E-state index is 0.289. The SMILES string of the molecule is Cc1ccc(N/N=C(/C#N)c2nc3ccccc3s2)cc1. The van der Waals surface area contributed by atoms with Gasteiger partial charge in [-0.25, -0.2) is 4.98 Å².